The zero-order valence-corrected chi connectivity index (χ0v) is 18.7. The van der Waals surface area contributed by atoms with Gasteiger partial charge in [-0.3, -0.25) is 9.59 Å². The minimum Gasteiger partial charge on any atom is -0.493 e. The number of para-hydroxylation sites is 2. The van der Waals surface area contributed by atoms with E-state index in [2.05, 4.69) is 21.2 Å². The molecule has 0 aliphatic heterocycles. The Balaban J connectivity index is 1.74. The second-order valence-corrected chi connectivity index (χ2v) is 7.46. The maximum absolute atomic E-state index is 12.9. The van der Waals surface area contributed by atoms with Crippen molar-refractivity contribution in [1.29, 1.82) is 0 Å². The van der Waals surface area contributed by atoms with Crippen molar-refractivity contribution in [3.05, 3.63) is 88.8 Å². The molecule has 0 radical (unpaired) electrons. The van der Waals surface area contributed by atoms with Gasteiger partial charge >= 0.3 is 0 Å². The molecule has 1 heterocycles. The Labute approximate surface area is 189 Å². The number of amides is 2. The second kappa shape index (κ2) is 11.2. The summed E-state index contributed by atoms with van der Waals surface area (Å²) in [5, 5.41) is 2.82. The SMILES string of the molecule is CCOc1ccccc1/C=C/C(=O)N(CC(=O)Nc1ccccc1Br)Cc1ccco1. The van der Waals surface area contributed by atoms with Gasteiger partial charge < -0.3 is 19.4 Å². The Bertz CT molecular complexity index is 1050. The molecule has 7 heteroatoms. The summed E-state index contributed by atoms with van der Waals surface area (Å²) in [5.74, 6) is 0.656. The Morgan fingerprint density at radius 2 is 1.87 bits per heavy atom. The van der Waals surface area contributed by atoms with Crippen LogP contribution in [0.4, 0.5) is 5.69 Å². The Morgan fingerprint density at radius 3 is 2.61 bits per heavy atom. The summed E-state index contributed by atoms with van der Waals surface area (Å²) < 4.78 is 11.7. The number of hydrogen-bond donors (Lipinski definition) is 1. The lowest BCUT2D eigenvalue weighted by atomic mass is 10.2. The van der Waals surface area contributed by atoms with Crippen LogP contribution in [0.3, 0.4) is 0 Å². The fourth-order valence-corrected chi connectivity index (χ4v) is 3.28. The molecule has 2 amide bonds. The summed E-state index contributed by atoms with van der Waals surface area (Å²) in [7, 11) is 0. The van der Waals surface area contributed by atoms with Crippen LogP contribution >= 0.6 is 15.9 Å². The quantitative estimate of drug-likeness (QED) is 0.429. The first-order chi connectivity index (χ1) is 15.1. The topological polar surface area (TPSA) is 71.8 Å². The largest absolute Gasteiger partial charge is 0.493 e. The molecule has 0 aliphatic rings. The second-order valence-electron chi connectivity index (χ2n) is 6.61. The average molecular weight is 483 g/mol. The maximum Gasteiger partial charge on any atom is 0.247 e. The van der Waals surface area contributed by atoms with E-state index in [1.165, 1.54) is 17.2 Å². The van der Waals surface area contributed by atoms with Crippen molar-refractivity contribution in [1.82, 2.24) is 4.90 Å². The van der Waals surface area contributed by atoms with Gasteiger partial charge in [-0.15, -0.1) is 0 Å². The van der Waals surface area contributed by atoms with Gasteiger partial charge in [0.1, 0.15) is 18.1 Å². The number of benzene rings is 2. The smallest absolute Gasteiger partial charge is 0.247 e. The molecule has 0 fully saturated rings. The van der Waals surface area contributed by atoms with Crippen LogP contribution in [-0.2, 0) is 16.1 Å². The number of halogens is 1. The average Bonchev–Trinajstić information content (AvgIpc) is 3.27. The number of nitrogens with one attached hydrogen (secondary N) is 1. The van der Waals surface area contributed by atoms with E-state index in [-0.39, 0.29) is 24.9 Å². The highest BCUT2D eigenvalue weighted by molar-refractivity contribution is 9.10. The van der Waals surface area contributed by atoms with Gasteiger partial charge in [-0.2, -0.15) is 0 Å². The van der Waals surface area contributed by atoms with E-state index in [4.69, 9.17) is 9.15 Å². The molecule has 0 bridgehead atoms. The van der Waals surface area contributed by atoms with Crippen molar-refractivity contribution in [3.63, 3.8) is 0 Å². The van der Waals surface area contributed by atoms with E-state index < -0.39 is 0 Å². The fraction of sp³-hybridized carbons (Fsp3) is 0.167. The van der Waals surface area contributed by atoms with Gasteiger partial charge in [0.05, 0.1) is 25.1 Å². The highest BCUT2D eigenvalue weighted by atomic mass is 79.9. The zero-order valence-electron chi connectivity index (χ0n) is 17.1. The van der Waals surface area contributed by atoms with E-state index >= 15 is 0 Å². The molecule has 0 saturated heterocycles. The van der Waals surface area contributed by atoms with Gasteiger partial charge in [-0.05, 0) is 59.3 Å². The Morgan fingerprint density at radius 1 is 1.10 bits per heavy atom. The molecule has 3 rings (SSSR count). The fourth-order valence-electron chi connectivity index (χ4n) is 2.90. The van der Waals surface area contributed by atoms with E-state index in [0.29, 0.717) is 23.8 Å². The van der Waals surface area contributed by atoms with Gasteiger partial charge in [0.2, 0.25) is 11.8 Å². The lowest BCUT2D eigenvalue weighted by Crippen LogP contribution is -2.36. The van der Waals surface area contributed by atoms with Crippen molar-refractivity contribution < 1.29 is 18.7 Å². The van der Waals surface area contributed by atoms with Crippen molar-refractivity contribution in [2.45, 2.75) is 13.5 Å². The van der Waals surface area contributed by atoms with Crippen LogP contribution in [0.5, 0.6) is 5.75 Å². The molecule has 1 aromatic heterocycles. The predicted molar refractivity (Wildman–Crippen MR) is 124 cm³/mol. The molecule has 1 N–H and O–H groups in total. The third-order valence-electron chi connectivity index (χ3n) is 4.35. The number of carbonyl (C=O) groups is 2. The normalized spacial score (nSPS) is 10.8. The number of anilines is 1. The number of furan rings is 1. The molecule has 0 atom stereocenters. The molecule has 0 aliphatic carbocycles. The Hall–Kier alpha value is -3.32. The van der Waals surface area contributed by atoms with E-state index in [1.54, 1.807) is 24.3 Å². The third kappa shape index (κ3) is 6.58. The van der Waals surface area contributed by atoms with Crippen molar-refractivity contribution in [3.8, 4) is 5.75 Å². The summed E-state index contributed by atoms with van der Waals surface area (Å²) in [5.41, 5.74) is 1.42. The summed E-state index contributed by atoms with van der Waals surface area (Å²) in [6.07, 6.45) is 4.66. The third-order valence-corrected chi connectivity index (χ3v) is 5.04. The summed E-state index contributed by atoms with van der Waals surface area (Å²) >= 11 is 3.41. The summed E-state index contributed by atoms with van der Waals surface area (Å²) in [4.78, 5) is 27.0. The first kappa shape index (κ1) is 22.4. The van der Waals surface area contributed by atoms with Gasteiger partial charge in [0.15, 0.2) is 0 Å². The number of carbonyl (C=O) groups excluding carboxylic acids is 2. The number of ether oxygens (including phenoxy) is 1. The first-order valence-electron chi connectivity index (χ1n) is 9.82. The standard InChI is InChI=1S/C24H23BrN2O4/c1-2-30-22-12-6-3-8-18(22)13-14-24(29)27(16-19-9-7-15-31-19)17-23(28)26-21-11-5-4-10-20(21)25/h3-15H,2,16-17H2,1H3,(H,26,28)/b14-13+. The lowest BCUT2D eigenvalue weighted by molar-refractivity contribution is -0.131. The first-order valence-corrected chi connectivity index (χ1v) is 10.6. The highest BCUT2D eigenvalue weighted by Gasteiger charge is 2.18. The van der Waals surface area contributed by atoms with Gasteiger partial charge in [0, 0.05) is 16.1 Å². The lowest BCUT2D eigenvalue weighted by Gasteiger charge is -2.20. The van der Waals surface area contributed by atoms with Crippen LogP contribution in [-0.4, -0.2) is 29.9 Å². The van der Waals surface area contributed by atoms with Crippen LogP contribution < -0.4 is 10.1 Å². The molecular weight excluding hydrogens is 460 g/mol. The van der Waals surface area contributed by atoms with Gasteiger partial charge in [0.25, 0.3) is 0 Å². The minimum atomic E-state index is -0.315. The van der Waals surface area contributed by atoms with Crippen molar-refractivity contribution in [2.75, 3.05) is 18.5 Å². The van der Waals surface area contributed by atoms with Crippen LogP contribution in [0.25, 0.3) is 6.08 Å². The number of nitrogens with zero attached hydrogens (tertiary/aromatic N) is 1. The number of rotatable bonds is 9. The molecule has 160 valence electrons. The van der Waals surface area contributed by atoms with Crippen molar-refractivity contribution >= 4 is 39.5 Å². The summed E-state index contributed by atoms with van der Waals surface area (Å²) in [6.45, 7) is 2.48. The van der Waals surface area contributed by atoms with E-state index in [1.807, 2.05) is 49.4 Å². The predicted octanol–water partition coefficient (Wildman–Crippen LogP) is 5.12. The molecular formula is C24H23BrN2O4. The van der Waals surface area contributed by atoms with E-state index in [9.17, 15) is 9.59 Å². The minimum absolute atomic E-state index is 0.127. The Kier molecular flexibility index (Phi) is 8.06. The maximum atomic E-state index is 12.9. The van der Waals surface area contributed by atoms with Crippen LogP contribution in [0, 0.1) is 0 Å². The van der Waals surface area contributed by atoms with Crippen LogP contribution in [0.15, 0.2) is 81.9 Å². The number of hydrogen-bond acceptors (Lipinski definition) is 4. The molecule has 0 unspecified atom stereocenters. The van der Waals surface area contributed by atoms with Gasteiger partial charge in [-0.1, -0.05) is 30.3 Å². The molecule has 3 aromatic rings. The van der Waals surface area contributed by atoms with Gasteiger partial charge in [-0.25, -0.2) is 0 Å². The summed E-state index contributed by atoms with van der Waals surface area (Å²) in [6, 6.07) is 18.3. The monoisotopic (exact) mass is 482 g/mol. The zero-order chi connectivity index (χ0) is 22.1. The molecule has 0 saturated carbocycles. The highest BCUT2D eigenvalue weighted by Crippen LogP contribution is 2.22. The molecule has 31 heavy (non-hydrogen) atoms. The van der Waals surface area contributed by atoms with E-state index in [0.717, 1.165) is 10.0 Å². The molecule has 2 aromatic carbocycles. The van der Waals surface area contributed by atoms with Crippen molar-refractivity contribution in [2.24, 2.45) is 0 Å². The van der Waals surface area contributed by atoms with Crippen LogP contribution in [0.1, 0.15) is 18.2 Å². The molecule has 0 spiro atoms. The van der Waals surface area contributed by atoms with Crippen LogP contribution in [0.2, 0.25) is 0 Å². The molecule has 6 nitrogen and oxygen atoms in total.